The van der Waals surface area contributed by atoms with Crippen LogP contribution in [0.4, 0.5) is 0 Å². The molecule has 0 aliphatic carbocycles. The van der Waals surface area contributed by atoms with Gasteiger partial charge in [0.1, 0.15) is 0 Å². The Hall–Kier alpha value is -2.08. The first-order valence-corrected chi connectivity index (χ1v) is 8.19. The van der Waals surface area contributed by atoms with Crippen LogP contribution in [-0.4, -0.2) is 0 Å². The van der Waals surface area contributed by atoms with E-state index in [1.165, 1.54) is 37.7 Å². The fourth-order valence-corrected chi connectivity index (χ4v) is 2.28. The van der Waals surface area contributed by atoms with Gasteiger partial charge < -0.3 is 0 Å². The quantitative estimate of drug-likeness (QED) is 0.493. The van der Waals surface area contributed by atoms with Gasteiger partial charge in [-0.25, -0.2) is 0 Å². The van der Waals surface area contributed by atoms with Gasteiger partial charge in [0, 0.05) is 0 Å². The van der Waals surface area contributed by atoms with E-state index in [9.17, 15) is 0 Å². The Labute approximate surface area is 136 Å². The highest BCUT2D eigenvalue weighted by Gasteiger charge is 1.91. The summed E-state index contributed by atoms with van der Waals surface area (Å²) in [5.74, 6) is 0. The number of rotatable bonds is 7. The normalized spacial score (nSPS) is 9.50. The van der Waals surface area contributed by atoms with Gasteiger partial charge in [0.2, 0.25) is 0 Å². The van der Waals surface area contributed by atoms with Crippen molar-refractivity contribution < 1.29 is 0 Å². The summed E-state index contributed by atoms with van der Waals surface area (Å²) in [6.45, 7) is 9.64. The van der Waals surface area contributed by atoms with Crippen molar-refractivity contribution in [2.75, 3.05) is 0 Å². The monoisotopic (exact) mass is 292 g/mol. The summed E-state index contributed by atoms with van der Waals surface area (Å²) in [5, 5.41) is 0. The topological polar surface area (TPSA) is 0 Å². The third-order valence-corrected chi connectivity index (χ3v) is 3.60. The van der Waals surface area contributed by atoms with Crippen LogP contribution in [0.2, 0.25) is 0 Å². The van der Waals surface area contributed by atoms with Crippen molar-refractivity contribution in [1.82, 2.24) is 0 Å². The molecule has 0 heterocycles. The largest absolute Gasteiger partial charge is 0.0984 e. The zero-order valence-corrected chi connectivity index (χ0v) is 13.8. The van der Waals surface area contributed by atoms with E-state index in [0.717, 1.165) is 11.1 Å². The predicted molar refractivity (Wildman–Crippen MR) is 101 cm³/mol. The molecule has 0 unspecified atom stereocenters. The Bertz CT molecular complexity index is 510. The molecule has 0 spiro atoms. The number of aryl methyl sites for hydroxylation is 1. The molecule has 0 bridgehead atoms. The molecule has 0 aliphatic rings. The molecule has 2 aromatic carbocycles. The van der Waals surface area contributed by atoms with Crippen molar-refractivity contribution >= 4 is 12.2 Å². The second-order valence-electron chi connectivity index (χ2n) is 5.33. The van der Waals surface area contributed by atoms with Gasteiger partial charge in [-0.3, -0.25) is 0 Å². The Morgan fingerprint density at radius 3 is 1.77 bits per heavy atom. The van der Waals surface area contributed by atoms with Gasteiger partial charge >= 0.3 is 0 Å². The van der Waals surface area contributed by atoms with Crippen molar-refractivity contribution in [3.05, 3.63) is 84.4 Å². The molecule has 0 amide bonds. The second-order valence-corrected chi connectivity index (χ2v) is 5.33. The molecule has 0 radical (unpaired) electrons. The van der Waals surface area contributed by atoms with Crippen LogP contribution in [0.15, 0.2) is 67.8 Å². The van der Waals surface area contributed by atoms with Crippen LogP contribution in [0.1, 0.15) is 49.3 Å². The molecule has 0 saturated heterocycles. The maximum Gasteiger partial charge on any atom is -0.0190 e. The van der Waals surface area contributed by atoms with Crippen molar-refractivity contribution in [3.8, 4) is 0 Å². The minimum Gasteiger partial charge on any atom is -0.0984 e. The zero-order valence-electron chi connectivity index (χ0n) is 13.8. The summed E-state index contributed by atoms with van der Waals surface area (Å²) >= 11 is 0. The molecule has 0 heteroatoms. The SMILES string of the molecule is C=Cc1ccccc1C=C.CCCCCCc1ccccc1. The summed E-state index contributed by atoms with van der Waals surface area (Å²) in [4.78, 5) is 0. The standard InChI is InChI=1S/C12H18.C10H10/c1-2-3-4-6-9-12-10-7-5-8-11-12;1-3-9-7-5-6-8-10(9)4-2/h5,7-8,10-11H,2-4,6,9H2,1H3;3-8H,1-2H2. The van der Waals surface area contributed by atoms with Crippen LogP contribution in [0.25, 0.3) is 12.2 Å². The molecule has 0 atom stereocenters. The second kappa shape index (κ2) is 11.6. The van der Waals surface area contributed by atoms with E-state index in [1.807, 2.05) is 36.4 Å². The minimum atomic E-state index is 1.14. The van der Waals surface area contributed by atoms with Gasteiger partial charge in [0.25, 0.3) is 0 Å². The van der Waals surface area contributed by atoms with Crippen molar-refractivity contribution in [3.63, 3.8) is 0 Å². The zero-order chi connectivity index (χ0) is 16.0. The van der Waals surface area contributed by atoms with Crippen LogP contribution in [0.3, 0.4) is 0 Å². The smallest absolute Gasteiger partial charge is 0.0190 e. The van der Waals surface area contributed by atoms with Gasteiger partial charge in [-0.2, -0.15) is 0 Å². The molecule has 0 nitrogen and oxygen atoms in total. The van der Waals surface area contributed by atoms with Crippen LogP contribution in [0, 0.1) is 0 Å². The van der Waals surface area contributed by atoms with Crippen LogP contribution < -0.4 is 0 Å². The summed E-state index contributed by atoms with van der Waals surface area (Å²) in [7, 11) is 0. The Balaban J connectivity index is 0.000000224. The maximum atomic E-state index is 3.69. The molecular formula is C22H28. The number of benzene rings is 2. The third-order valence-electron chi connectivity index (χ3n) is 3.60. The van der Waals surface area contributed by atoms with Gasteiger partial charge in [-0.05, 0) is 29.5 Å². The number of unbranched alkanes of at least 4 members (excludes halogenated alkanes) is 3. The fraction of sp³-hybridized carbons (Fsp3) is 0.273. The highest BCUT2D eigenvalue weighted by Crippen LogP contribution is 2.10. The van der Waals surface area contributed by atoms with E-state index in [0.29, 0.717) is 0 Å². The molecule has 22 heavy (non-hydrogen) atoms. The van der Waals surface area contributed by atoms with E-state index in [4.69, 9.17) is 0 Å². The van der Waals surface area contributed by atoms with Crippen LogP contribution in [-0.2, 0) is 6.42 Å². The van der Waals surface area contributed by atoms with E-state index in [2.05, 4.69) is 50.4 Å². The molecule has 0 saturated carbocycles. The fourth-order valence-electron chi connectivity index (χ4n) is 2.28. The first-order valence-electron chi connectivity index (χ1n) is 8.19. The maximum absolute atomic E-state index is 3.69. The van der Waals surface area contributed by atoms with Gasteiger partial charge in [-0.15, -0.1) is 0 Å². The molecular weight excluding hydrogens is 264 g/mol. The van der Waals surface area contributed by atoms with E-state index in [1.54, 1.807) is 0 Å². The van der Waals surface area contributed by atoms with Crippen molar-refractivity contribution in [2.45, 2.75) is 39.0 Å². The molecule has 0 aromatic heterocycles. The predicted octanol–water partition coefficient (Wildman–Crippen LogP) is 6.78. The van der Waals surface area contributed by atoms with Crippen molar-refractivity contribution in [2.24, 2.45) is 0 Å². The minimum absolute atomic E-state index is 1.14. The lowest BCUT2D eigenvalue weighted by atomic mass is 10.1. The highest BCUT2D eigenvalue weighted by molar-refractivity contribution is 5.63. The van der Waals surface area contributed by atoms with Gasteiger partial charge in [0.15, 0.2) is 0 Å². The Morgan fingerprint density at radius 1 is 0.727 bits per heavy atom. The van der Waals surface area contributed by atoms with Crippen LogP contribution >= 0.6 is 0 Å². The lowest BCUT2D eigenvalue weighted by molar-refractivity contribution is 0.667. The Kier molecular flexibility index (Phi) is 9.45. The van der Waals surface area contributed by atoms with E-state index >= 15 is 0 Å². The van der Waals surface area contributed by atoms with E-state index in [-0.39, 0.29) is 0 Å². The average molecular weight is 292 g/mol. The number of hydrogen-bond donors (Lipinski definition) is 0. The number of hydrogen-bond acceptors (Lipinski definition) is 0. The van der Waals surface area contributed by atoms with Crippen LogP contribution in [0.5, 0.6) is 0 Å². The lowest BCUT2D eigenvalue weighted by Crippen LogP contribution is -1.84. The van der Waals surface area contributed by atoms with Gasteiger partial charge in [-0.1, -0.05) is 106 Å². The molecule has 0 N–H and O–H groups in total. The summed E-state index contributed by atoms with van der Waals surface area (Å²) in [6, 6.07) is 18.8. The summed E-state index contributed by atoms with van der Waals surface area (Å²) in [6.07, 6.45) is 10.3. The first kappa shape index (κ1) is 18.0. The Morgan fingerprint density at radius 2 is 1.27 bits per heavy atom. The molecule has 0 aliphatic heterocycles. The molecule has 2 aromatic rings. The summed E-state index contributed by atoms with van der Waals surface area (Å²) < 4.78 is 0. The van der Waals surface area contributed by atoms with E-state index < -0.39 is 0 Å². The molecule has 116 valence electrons. The van der Waals surface area contributed by atoms with Crippen molar-refractivity contribution in [1.29, 1.82) is 0 Å². The molecule has 2 rings (SSSR count). The average Bonchev–Trinajstić information content (AvgIpc) is 2.60. The first-order chi connectivity index (χ1) is 10.8. The molecule has 0 fully saturated rings. The third kappa shape index (κ3) is 7.08. The highest BCUT2D eigenvalue weighted by atomic mass is 14.0. The lowest BCUT2D eigenvalue weighted by Gasteiger charge is -1.99. The van der Waals surface area contributed by atoms with Gasteiger partial charge in [0.05, 0.1) is 0 Å². The summed E-state index contributed by atoms with van der Waals surface area (Å²) in [5.41, 5.74) is 3.75.